The van der Waals surface area contributed by atoms with Crippen molar-refractivity contribution in [2.75, 3.05) is 12.4 Å². The molecule has 0 fully saturated rings. The van der Waals surface area contributed by atoms with E-state index in [0.29, 0.717) is 11.3 Å². The molecule has 23 heavy (non-hydrogen) atoms. The number of methoxy groups -OCH3 is 1. The summed E-state index contributed by atoms with van der Waals surface area (Å²) in [6.45, 7) is 0. The number of benzene rings is 1. The lowest BCUT2D eigenvalue weighted by atomic mass is 9.86. The SMILES string of the molecule is COc1ccc(C2CC(=O)Nc3c2c(=O)n(C)c(=O)n3C)cc1. The zero-order valence-electron chi connectivity index (χ0n) is 13.1. The first kappa shape index (κ1) is 15.1. The van der Waals surface area contributed by atoms with Crippen molar-refractivity contribution in [3.05, 3.63) is 56.2 Å². The highest BCUT2D eigenvalue weighted by Crippen LogP contribution is 2.34. The number of carbonyl (C=O) groups is 1. The second-order valence-corrected chi connectivity index (χ2v) is 5.55. The Morgan fingerprint density at radius 2 is 1.74 bits per heavy atom. The van der Waals surface area contributed by atoms with E-state index < -0.39 is 11.6 Å². The number of hydrogen-bond acceptors (Lipinski definition) is 4. The van der Waals surface area contributed by atoms with Crippen molar-refractivity contribution in [2.24, 2.45) is 14.1 Å². The molecule has 0 radical (unpaired) electrons. The molecule has 0 spiro atoms. The number of nitrogens with zero attached hydrogens (tertiary/aromatic N) is 2. The van der Waals surface area contributed by atoms with Crippen molar-refractivity contribution in [2.45, 2.75) is 12.3 Å². The van der Waals surface area contributed by atoms with Gasteiger partial charge in [0.2, 0.25) is 5.91 Å². The molecule has 1 aliphatic rings. The predicted octanol–water partition coefficient (Wildman–Crippen LogP) is 0.567. The lowest BCUT2D eigenvalue weighted by Crippen LogP contribution is -2.44. The van der Waals surface area contributed by atoms with E-state index in [-0.39, 0.29) is 23.7 Å². The minimum Gasteiger partial charge on any atom is -0.497 e. The van der Waals surface area contributed by atoms with Gasteiger partial charge < -0.3 is 10.1 Å². The van der Waals surface area contributed by atoms with Crippen LogP contribution in [0.5, 0.6) is 5.75 Å². The molecule has 7 nitrogen and oxygen atoms in total. The molecule has 0 aliphatic carbocycles. The molecule has 7 heteroatoms. The van der Waals surface area contributed by atoms with E-state index in [2.05, 4.69) is 5.32 Å². The average molecular weight is 315 g/mol. The van der Waals surface area contributed by atoms with Crippen LogP contribution in [-0.2, 0) is 18.9 Å². The van der Waals surface area contributed by atoms with Crippen LogP contribution < -0.4 is 21.3 Å². The van der Waals surface area contributed by atoms with Gasteiger partial charge in [-0.05, 0) is 17.7 Å². The fourth-order valence-corrected chi connectivity index (χ4v) is 2.93. The zero-order chi connectivity index (χ0) is 16.7. The standard InChI is InChI=1S/C16H17N3O4/c1-18-14-13(15(21)19(2)16(18)22)11(8-12(20)17-14)9-4-6-10(23-3)7-5-9/h4-7,11H,8H2,1-3H3,(H,17,20). The van der Waals surface area contributed by atoms with Gasteiger partial charge in [-0.15, -0.1) is 0 Å². The minimum absolute atomic E-state index is 0.159. The van der Waals surface area contributed by atoms with Gasteiger partial charge in [-0.3, -0.25) is 18.7 Å². The lowest BCUT2D eigenvalue weighted by molar-refractivity contribution is -0.116. The molecule has 1 aromatic carbocycles. The predicted molar refractivity (Wildman–Crippen MR) is 85.0 cm³/mol. The van der Waals surface area contributed by atoms with Crippen LogP contribution in [0.25, 0.3) is 0 Å². The highest BCUT2D eigenvalue weighted by Gasteiger charge is 2.32. The third kappa shape index (κ3) is 2.34. The third-order valence-corrected chi connectivity index (χ3v) is 4.21. The Morgan fingerprint density at radius 1 is 1.09 bits per heavy atom. The molecule has 0 saturated heterocycles. The van der Waals surface area contributed by atoms with Gasteiger partial charge in [0, 0.05) is 26.4 Å². The van der Waals surface area contributed by atoms with Crippen molar-refractivity contribution in [1.82, 2.24) is 9.13 Å². The number of anilines is 1. The van der Waals surface area contributed by atoms with Crippen LogP contribution in [0.15, 0.2) is 33.9 Å². The molecule has 1 aliphatic heterocycles. The smallest absolute Gasteiger partial charge is 0.332 e. The Balaban J connectivity index is 2.24. The first-order chi connectivity index (χ1) is 10.9. The molecular formula is C16H17N3O4. The molecular weight excluding hydrogens is 298 g/mol. The van der Waals surface area contributed by atoms with E-state index in [1.807, 2.05) is 12.1 Å². The lowest BCUT2D eigenvalue weighted by Gasteiger charge is -2.27. The van der Waals surface area contributed by atoms with Crippen LogP contribution in [0.2, 0.25) is 0 Å². The van der Waals surface area contributed by atoms with Crippen LogP contribution in [-0.4, -0.2) is 22.2 Å². The molecule has 0 bridgehead atoms. The highest BCUT2D eigenvalue weighted by atomic mass is 16.5. The van der Waals surface area contributed by atoms with Crippen molar-refractivity contribution < 1.29 is 9.53 Å². The van der Waals surface area contributed by atoms with E-state index in [0.717, 1.165) is 10.1 Å². The molecule has 120 valence electrons. The summed E-state index contributed by atoms with van der Waals surface area (Å²) in [4.78, 5) is 36.7. The highest BCUT2D eigenvalue weighted by molar-refractivity contribution is 5.94. The second kappa shape index (κ2) is 5.42. The molecule has 2 heterocycles. The number of aromatic nitrogens is 2. The van der Waals surface area contributed by atoms with E-state index in [4.69, 9.17) is 4.74 Å². The van der Waals surface area contributed by atoms with Crippen molar-refractivity contribution in [3.8, 4) is 5.75 Å². The molecule has 3 rings (SSSR count). The van der Waals surface area contributed by atoms with Gasteiger partial charge in [-0.2, -0.15) is 0 Å². The molecule has 1 unspecified atom stereocenters. The van der Waals surface area contributed by atoms with Crippen LogP contribution in [0.4, 0.5) is 5.82 Å². The zero-order valence-corrected chi connectivity index (χ0v) is 13.1. The minimum atomic E-state index is -0.468. The Labute approximate surface area is 132 Å². The van der Waals surface area contributed by atoms with Crippen LogP contribution in [0.1, 0.15) is 23.5 Å². The van der Waals surface area contributed by atoms with E-state index in [1.165, 1.54) is 18.7 Å². The molecule has 1 aromatic heterocycles. The summed E-state index contributed by atoms with van der Waals surface area (Å²) in [7, 11) is 4.55. The first-order valence-electron chi connectivity index (χ1n) is 7.17. The Morgan fingerprint density at radius 3 is 2.35 bits per heavy atom. The number of ether oxygens (including phenoxy) is 1. The summed E-state index contributed by atoms with van der Waals surface area (Å²) in [5, 5.41) is 2.65. The normalized spacial score (nSPS) is 16.7. The molecule has 2 aromatic rings. The molecule has 1 N–H and O–H groups in total. The molecule has 1 amide bonds. The molecule has 1 atom stereocenters. The van der Waals surface area contributed by atoms with Crippen molar-refractivity contribution in [1.29, 1.82) is 0 Å². The number of fused-ring (bicyclic) bond motifs is 1. The van der Waals surface area contributed by atoms with Gasteiger partial charge in [0.15, 0.2) is 0 Å². The van der Waals surface area contributed by atoms with E-state index in [9.17, 15) is 14.4 Å². The number of hydrogen-bond donors (Lipinski definition) is 1. The van der Waals surface area contributed by atoms with Gasteiger partial charge in [-0.1, -0.05) is 12.1 Å². The fourth-order valence-electron chi connectivity index (χ4n) is 2.93. The second-order valence-electron chi connectivity index (χ2n) is 5.55. The summed E-state index contributed by atoms with van der Waals surface area (Å²) in [5.41, 5.74) is 0.408. The van der Waals surface area contributed by atoms with Crippen LogP contribution in [0, 0.1) is 0 Å². The Hall–Kier alpha value is -2.83. The first-order valence-corrected chi connectivity index (χ1v) is 7.17. The largest absolute Gasteiger partial charge is 0.497 e. The summed E-state index contributed by atoms with van der Waals surface area (Å²) in [5.74, 6) is 0.356. The van der Waals surface area contributed by atoms with Crippen molar-refractivity contribution >= 4 is 11.7 Å². The average Bonchev–Trinajstić information content (AvgIpc) is 2.57. The number of carbonyl (C=O) groups excluding carboxylic acids is 1. The summed E-state index contributed by atoms with van der Waals surface area (Å²) in [6.07, 6.45) is 0.159. The number of amides is 1. The monoisotopic (exact) mass is 315 g/mol. The van der Waals surface area contributed by atoms with Gasteiger partial charge in [0.25, 0.3) is 5.56 Å². The quantitative estimate of drug-likeness (QED) is 0.878. The van der Waals surface area contributed by atoms with Gasteiger partial charge in [0.1, 0.15) is 11.6 Å². The number of rotatable bonds is 2. The summed E-state index contributed by atoms with van der Waals surface area (Å²) < 4.78 is 7.49. The van der Waals surface area contributed by atoms with E-state index in [1.54, 1.807) is 19.2 Å². The maximum Gasteiger partial charge on any atom is 0.332 e. The number of nitrogens with one attached hydrogen (secondary N) is 1. The maximum atomic E-state index is 12.6. The summed E-state index contributed by atoms with van der Waals surface area (Å²) in [6, 6.07) is 7.23. The van der Waals surface area contributed by atoms with E-state index >= 15 is 0 Å². The molecule has 0 saturated carbocycles. The Bertz CT molecular complexity index is 893. The fraction of sp³-hybridized carbons (Fsp3) is 0.312. The third-order valence-electron chi connectivity index (χ3n) is 4.21. The van der Waals surface area contributed by atoms with Gasteiger partial charge in [0.05, 0.1) is 12.7 Å². The Kier molecular flexibility index (Phi) is 3.55. The maximum absolute atomic E-state index is 12.6. The van der Waals surface area contributed by atoms with Gasteiger partial charge >= 0.3 is 5.69 Å². The van der Waals surface area contributed by atoms with Gasteiger partial charge in [-0.25, -0.2) is 4.79 Å². The van der Waals surface area contributed by atoms with Crippen LogP contribution >= 0.6 is 0 Å². The summed E-state index contributed by atoms with van der Waals surface area (Å²) >= 11 is 0. The van der Waals surface area contributed by atoms with Crippen molar-refractivity contribution in [3.63, 3.8) is 0 Å². The topological polar surface area (TPSA) is 82.3 Å². The van der Waals surface area contributed by atoms with Crippen LogP contribution in [0.3, 0.4) is 0 Å².